The molecule has 5 heteroatoms. The van der Waals surface area contributed by atoms with E-state index in [1.165, 1.54) is 6.08 Å². The quantitative estimate of drug-likeness (QED) is 0.354. The topological polar surface area (TPSA) is 67.4 Å². The molecule has 0 aromatic rings. The molecule has 0 unspecified atom stereocenters. The third kappa shape index (κ3) is 9.21. The number of ether oxygens (including phenoxy) is 1. The van der Waals surface area contributed by atoms with E-state index in [4.69, 9.17) is 0 Å². The summed E-state index contributed by atoms with van der Waals surface area (Å²) in [5.74, 6) is -0.397. The third-order valence-corrected chi connectivity index (χ3v) is 1.66. The van der Waals surface area contributed by atoms with E-state index in [1.807, 2.05) is 6.92 Å². The summed E-state index contributed by atoms with van der Waals surface area (Å²) < 4.78 is 4.69. The molecule has 0 aromatic heterocycles. The summed E-state index contributed by atoms with van der Waals surface area (Å²) in [5, 5.41) is 5.62. The first-order chi connectivity index (χ1) is 7.70. The van der Waals surface area contributed by atoms with Crippen molar-refractivity contribution in [2.24, 2.45) is 0 Å². The summed E-state index contributed by atoms with van der Waals surface area (Å²) in [6.07, 6.45) is 3.90. The minimum atomic E-state index is -0.361. The molecule has 0 bridgehead atoms. The number of esters is 1. The largest absolute Gasteiger partial charge is 0.463 e. The van der Waals surface area contributed by atoms with Crippen molar-refractivity contribution in [2.75, 3.05) is 26.2 Å². The molecule has 0 spiro atoms. The molecule has 0 aliphatic carbocycles. The van der Waals surface area contributed by atoms with E-state index in [-0.39, 0.29) is 18.4 Å². The average Bonchev–Trinajstić information content (AvgIpc) is 2.26. The molecule has 0 aliphatic rings. The zero-order valence-corrected chi connectivity index (χ0v) is 9.91. The number of carbonyl (C=O) groups is 2. The number of carbonyl (C=O) groups excluding carboxylic acids is 2. The van der Waals surface area contributed by atoms with Crippen LogP contribution in [0.5, 0.6) is 0 Å². The van der Waals surface area contributed by atoms with Crippen LogP contribution in [-0.2, 0) is 14.3 Å². The standard InChI is InChI=1S/C11H20N2O3/c1-3-7-13-10(14)9-12-8-5-6-11(15)16-4-2/h5-6,12H,3-4,7-9H2,1-2H3,(H,13,14)/b6-5+. The highest BCUT2D eigenvalue weighted by Crippen LogP contribution is 1.80. The Balaban J connectivity index is 3.45. The van der Waals surface area contributed by atoms with Gasteiger partial charge in [0, 0.05) is 19.2 Å². The van der Waals surface area contributed by atoms with Gasteiger partial charge in [0.05, 0.1) is 13.2 Å². The predicted octanol–water partition coefficient (Wildman–Crippen LogP) is 0.222. The van der Waals surface area contributed by atoms with Gasteiger partial charge in [0.2, 0.25) is 5.91 Å². The second-order valence-corrected chi connectivity index (χ2v) is 3.14. The fourth-order valence-electron chi connectivity index (χ4n) is 0.941. The summed E-state index contributed by atoms with van der Waals surface area (Å²) in [5.41, 5.74) is 0. The SMILES string of the molecule is CCCNC(=O)CNC/C=C/C(=O)OCC. The van der Waals surface area contributed by atoms with Crippen molar-refractivity contribution in [3.8, 4) is 0 Å². The van der Waals surface area contributed by atoms with E-state index in [1.54, 1.807) is 13.0 Å². The maximum Gasteiger partial charge on any atom is 0.330 e. The molecular formula is C11H20N2O3. The van der Waals surface area contributed by atoms with Gasteiger partial charge in [-0.3, -0.25) is 4.79 Å². The first kappa shape index (κ1) is 14.6. The summed E-state index contributed by atoms with van der Waals surface area (Å²) in [7, 11) is 0. The molecule has 92 valence electrons. The Morgan fingerprint density at radius 3 is 2.69 bits per heavy atom. The summed E-state index contributed by atoms with van der Waals surface area (Å²) in [6.45, 7) is 5.54. The van der Waals surface area contributed by atoms with Crippen molar-refractivity contribution >= 4 is 11.9 Å². The van der Waals surface area contributed by atoms with Gasteiger partial charge < -0.3 is 15.4 Å². The van der Waals surface area contributed by atoms with Crippen molar-refractivity contribution in [3.05, 3.63) is 12.2 Å². The van der Waals surface area contributed by atoms with Crippen LogP contribution < -0.4 is 10.6 Å². The molecule has 0 saturated carbocycles. The number of hydrogen-bond acceptors (Lipinski definition) is 4. The van der Waals surface area contributed by atoms with Gasteiger partial charge in [-0.15, -0.1) is 0 Å². The lowest BCUT2D eigenvalue weighted by Gasteiger charge is -2.03. The highest BCUT2D eigenvalue weighted by molar-refractivity contribution is 5.82. The smallest absolute Gasteiger partial charge is 0.330 e. The zero-order valence-electron chi connectivity index (χ0n) is 9.91. The highest BCUT2D eigenvalue weighted by Gasteiger charge is 1.97. The Labute approximate surface area is 96.2 Å². The van der Waals surface area contributed by atoms with E-state index in [2.05, 4.69) is 15.4 Å². The van der Waals surface area contributed by atoms with E-state index < -0.39 is 0 Å². The lowest BCUT2D eigenvalue weighted by molar-refractivity contribution is -0.137. The second-order valence-electron chi connectivity index (χ2n) is 3.14. The second kappa shape index (κ2) is 10.2. The number of hydrogen-bond donors (Lipinski definition) is 2. The van der Waals surface area contributed by atoms with Crippen LogP contribution in [0.2, 0.25) is 0 Å². The van der Waals surface area contributed by atoms with Crippen molar-refractivity contribution in [1.29, 1.82) is 0 Å². The zero-order chi connectivity index (χ0) is 12.2. The maximum atomic E-state index is 11.1. The van der Waals surface area contributed by atoms with Crippen molar-refractivity contribution in [2.45, 2.75) is 20.3 Å². The van der Waals surface area contributed by atoms with Gasteiger partial charge >= 0.3 is 5.97 Å². The van der Waals surface area contributed by atoms with Crippen LogP contribution >= 0.6 is 0 Å². The van der Waals surface area contributed by atoms with Gasteiger partial charge in [-0.25, -0.2) is 4.79 Å². The van der Waals surface area contributed by atoms with Gasteiger partial charge in [-0.1, -0.05) is 13.0 Å². The molecule has 0 heterocycles. The molecule has 0 saturated heterocycles. The van der Waals surface area contributed by atoms with Crippen LogP contribution in [0, 0.1) is 0 Å². The molecule has 0 radical (unpaired) electrons. The molecule has 0 atom stereocenters. The Hall–Kier alpha value is -1.36. The van der Waals surface area contributed by atoms with Gasteiger partial charge in [-0.05, 0) is 13.3 Å². The Morgan fingerprint density at radius 2 is 2.06 bits per heavy atom. The average molecular weight is 228 g/mol. The first-order valence-electron chi connectivity index (χ1n) is 5.51. The number of nitrogens with one attached hydrogen (secondary N) is 2. The maximum absolute atomic E-state index is 11.1. The fourth-order valence-corrected chi connectivity index (χ4v) is 0.941. The van der Waals surface area contributed by atoms with Crippen LogP contribution in [0.15, 0.2) is 12.2 Å². The normalized spacial score (nSPS) is 10.4. The molecule has 5 nitrogen and oxygen atoms in total. The minimum Gasteiger partial charge on any atom is -0.463 e. The summed E-state index contributed by atoms with van der Waals surface area (Å²) >= 11 is 0. The van der Waals surface area contributed by atoms with E-state index in [0.29, 0.717) is 19.7 Å². The molecule has 0 fully saturated rings. The Kier molecular flexibility index (Phi) is 9.30. The van der Waals surface area contributed by atoms with E-state index in [9.17, 15) is 9.59 Å². The summed E-state index contributed by atoms with van der Waals surface area (Å²) in [6, 6.07) is 0. The monoisotopic (exact) mass is 228 g/mol. The highest BCUT2D eigenvalue weighted by atomic mass is 16.5. The molecule has 1 amide bonds. The fraction of sp³-hybridized carbons (Fsp3) is 0.636. The summed E-state index contributed by atoms with van der Waals surface area (Å²) in [4.78, 5) is 22.0. The van der Waals surface area contributed by atoms with Gasteiger partial charge in [0.15, 0.2) is 0 Å². The molecule has 0 rings (SSSR count). The number of amides is 1. The van der Waals surface area contributed by atoms with Gasteiger partial charge in [0.1, 0.15) is 0 Å². The van der Waals surface area contributed by atoms with E-state index in [0.717, 1.165) is 6.42 Å². The Morgan fingerprint density at radius 1 is 1.31 bits per heavy atom. The van der Waals surface area contributed by atoms with Crippen molar-refractivity contribution in [1.82, 2.24) is 10.6 Å². The molecule has 16 heavy (non-hydrogen) atoms. The molecule has 0 aromatic carbocycles. The van der Waals surface area contributed by atoms with Crippen LogP contribution in [-0.4, -0.2) is 38.1 Å². The third-order valence-electron chi connectivity index (χ3n) is 1.66. The lowest BCUT2D eigenvalue weighted by Crippen LogP contribution is -2.34. The van der Waals surface area contributed by atoms with Crippen LogP contribution in [0.1, 0.15) is 20.3 Å². The van der Waals surface area contributed by atoms with E-state index >= 15 is 0 Å². The Bertz CT molecular complexity index is 239. The van der Waals surface area contributed by atoms with Crippen LogP contribution in [0.25, 0.3) is 0 Å². The minimum absolute atomic E-state index is 0.0358. The van der Waals surface area contributed by atoms with Crippen molar-refractivity contribution in [3.63, 3.8) is 0 Å². The van der Waals surface area contributed by atoms with Gasteiger partial charge in [0.25, 0.3) is 0 Å². The van der Waals surface area contributed by atoms with Crippen LogP contribution in [0.3, 0.4) is 0 Å². The molecule has 2 N–H and O–H groups in total. The van der Waals surface area contributed by atoms with Crippen molar-refractivity contribution < 1.29 is 14.3 Å². The first-order valence-corrected chi connectivity index (χ1v) is 5.51. The predicted molar refractivity (Wildman–Crippen MR) is 61.9 cm³/mol. The van der Waals surface area contributed by atoms with Crippen LogP contribution in [0.4, 0.5) is 0 Å². The molecular weight excluding hydrogens is 208 g/mol. The lowest BCUT2D eigenvalue weighted by atomic mass is 10.4. The van der Waals surface area contributed by atoms with Gasteiger partial charge in [-0.2, -0.15) is 0 Å². The number of rotatable bonds is 8. The molecule has 0 aliphatic heterocycles.